The molecule has 1 aliphatic rings. The molecule has 1 aromatic rings. The Kier molecular flexibility index (Phi) is 4.55. The van der Waals surface area contributed by atoms with Crippen LogP contribution in [0.1, 0.15) is 23.2 Å². The Morgan fingerprint density at radius 2 is 2.28 bits per heavy atom. The van der Waals surface area contributed by atoms with Crippen LogP contribution in [0.4, 0.5) is 5.69 Å². The van der Waals surface area contributed by atoms with Crippen LogP contribution >= 0.6 is 0 Å². The van der Waals surface area contributed by atoms with Gasteiger partial charge < -0.3 is 15.5 Å². The number of nitrogen functional groups attached to an aromatic ring is 1. The lowest BCUT2D eigenvalue weighted by atomic mass is 10.1. The van der Waals surface area contributed by atoms with Crippen LogP contribution in [-0.2, 0) is 4.74 Å². The van der Waals surface area contributed by atoms with E-state index in [9.17, 15) is 4.79 Å². The molecule has 1 unspecified atom stereocenters. The van der Waals surface area contributed by atoms with E-state index in [1.165, 1.54) is 0 Å². The summed E-state index contributed by atoms with van der Waals surface area (Å²) in [6, 6.07) is 7.19. The zero-order chi connectivity index (χ0) is 12.8. The first-order chi connectivity index (χ1) is 8.81. The van der Waals surface area contributed by atoms with E-state index in [4.69, 9.17) is 10.6 Å². The molecule has 4 N–H and O–H groups in total. The van der Waals surface area contributed by atoms with Crippen molar-refractivity contribution in [2.24, 2.45) is 11.8 Å². The molecule has 5 nitrogen and oxygen atoms in total. The monoisotopic (exact) mass is 249 g/mol. The molecule has 1 amide bonds. The number of hydrogen-bond acceptors (Lipinski definition) is 4. The number of nitrogens with two attached hydrogens (primary N) is 1. The highest BCUT2D eigenvalue weighted by atomic mass is 16.5. The summed E-state index contributed by atoms with van der Waals surface area (Å²) in [4.78, 5) is 12.0. The van der Waals surface area contributed by atoms with Gasteiger partial charge in [0.1, 0.15) is 0 Å². The molecule has 18 heavy (non-hydrogen) atoms. The molecule has 2 rings (SSSR count). The Labute approximate surface area is 107 Å². The zero-order valence-corrected chi connectivity index (χ0v) is 10.3. The average Bonchev–Trinajstić information content (AvgIpc) is 2.91. The van der Waals surface area contributed by atoms with Crippen molar-refractivity contribution in [3.05, 3.63) is 29.8 Å². The van der Waals surface area contributed by atoms with Gasteiger partial charge >= 0.3 is 0 Å². The third-order valence-corrected chi connectivity index (χ3v) is 3.19. The number of para-hydroxylation sites is 1. The van der Waals surface area contributed by atoms with Gasteiger partial charge in [-0.2, -0.15) is 0 Å². The Bertz CT molecular complexity index is 403. The second kappa shape index (κ2) is 6.37. The number of carbonyl (C=O) groups excluding carboxylic acids is 1. The number of ether oxygens (including phenoxy) is 1. The summed E-state index contributed by atoms with van der Waals surface area (Å²) in [5, 5.41) is 2.91. The molecule has 0 aromatic heterocycles. The average molecular weight is 249 g/mol. The van der Waals surface area contributed by atoms with Crippen LogP contribution in [0.15, 0.2) is 24.3 Å². The van der Waals surface area contributed by atoms with Gasteiger partial charge in [0.05, 0.1) is 11.3 Å². The molecule has 0 bridgehead atoms. The third kappa shape index (κ3) is 3.21. The highest BCUT2D eigenvalue weighted by Gasteiger charge is 2.16. The topological polar surface area (TPSA) is 76.4 Å². The van der Waals surface area contributed by atoms with Gasteiger partial charge in [-0.1, -0.05) is 12.1 Å². The van der Waals surface area contributed by atoms with Crippen LogP contribution < -0.4 is 16.6 Å². The van der Waals surface area contributed by atoms with Gasteiger partial charge in [-0.25, -0.2) is 0 Å². The zero-order valence-electron chi connectivity index (χ0n) is 10.3. The highest BCUT2D eigenvalue weighted by molar-refractivity contribution is 5.99. The van der Waals surface area contributed by atoms with E-state index in [0.29, 0.717) is 23.7 Å². The van der Waals surface area contributed by atoms with Crippen LogP contribution in [0.3, 0.4) is 0 Å². The summed E-state index contributed by atoms with van der Waals surface area (Å²) in [6.07, 6.45) is 2.06. The number of carbonyl (C=O) groups is 1. The molecule has 0 radical (unpaired) electrons. The fourth-order valence-electron chi connectivity index (χ4n) is 2.10. The number of hydrazine groups is 1. The number of rotatable bonds is 5. The normalized spacial score (nSPS) is 18.6. The molecule has 5 heteroatoms. The van der Waals surface area contributed by atoms with Gasteiger partial charge in [0.2, 0.25) is 0 Å². The largest absolute Gasteiger partial charge is 0.381 e. The first-order valence-electron chi connectivity index (χ1n) is 6.23. The van der Waals surface area contributed by atoms with Gasteiger partial charge in [0.15, 0.2) is 0 Å². The van der Waals surface area contributed by atoms with Crippen molar-refractivity contribution < 1.29 is 9.53 Å². The van der Waals surface area contributed by atoms with Crippen molar-refractivity contribution >= 4 is 11.6 Å². The lowest BCUT2D eigenvalue weighted by Crippen LogP contribution is -2.27. The number of benzene rings is 1. The van der Waals surface area contributed by atoms with Crippen molar-refractivity contribution in [2.75, 3.05) is 25.2 Å². The minimum atomic E-state index is -0.0949. The molecular formula is C13H19N3O2. The van der Waals surface area contributed by atoms with Gasteiger partial charge in [0, 0.05) is 19.8 Å². The van der Waals surface area contributed by atoms with Crippen LogP contribution in [0.25, 0.3) is 0 Å². The number of amides is 1. The van der Waals surface area contributed by atoms with Crippen molar-refractivity contribution in [1.29, 1.82) is 0 Å². The van der Waals surface area contributed by atoms with E-state index in [2.05, 4.69) is 10.7 Å². The Balaban J connectivity index is 1.83. The van der Waals surface area contributed by atoms with E-state index in [-0.39, 0.29) is 5.91 Å². The highest BCUT2D eigenvalue weighted by Crippen LogP contribution is 2.16. The third-order valence-electron chi connectivity index (χ3n) is 3.19. The van der Waals surface area contributed by atoms with Gasteiger partial charge in [-0.05, 0) is 30.9 Å². The van der Waals surface area contributed by atoms with E-state index < -0.39 is 0 Å². The molecule has 0 aliphatic carbocycles. The fraction of sp³-hybridized carbons (Fsp3) is 0.462. The fourth-order valence-corrected chi connectivity index (χ4v) is 2.10. The predicted octanol–water partition coefficient (Wildman–Crippen LogP) is 1.13. The van der Waals surface area contributed by atoms with Gasteiger partial charge in [0.25, 0.3) is 5.91 Å². The number of anilines is 1. The van der Waals surface area contributed by atoms with Crippen LogP contribution in [0.5, 0.6) is 0 Å². The molecule has 98 valence electrons. The van der Waals surface area contributed by atoms with E-state index >= 15 is 0 Å². The van der Waals surface area contributed by atoms with E-state index in [1.807, 2.05) is 12.1 Å². The lowest BCUT2D eigenvalue weighted by Gasteiger charge is -2.11. The number of hydrogen-bond donors (Lipinski definition) is 3. The molecule has 0 saturated carbocycles. The summed E-state index contributed by atoms with van der Waals surface area (Å²) in [7, 11) is 0. The molecule has 1 aliphatic heterocycles. The maximum Gasteiger partial charge on any atom is 0.253 e. The predicted molar refractivity (Wildman–Crippen MR) is 70.1 cm³/mol. The molecule has 1 saturated heterocycles. The minimum Gasteiger partial charge on any atom is -0.381 e. The van der Waals surface area contributed by atoms with Crippen LogP contribution in [-0.4, -0.2) is 25.7 Å². The van der Waals surface area contributed by atoms with Crippen molar-refractivity contribution in [1.82, 2.24) is 5.32 Å². The summed E-state index contributed by atoms with van der Waals surface area (Å²) in [6.45, 7) is 2.33. The maximum absolute atomic E-state index is 12.0. The first-order valence-corrected chi connectivity index (χ1v) is 6.23. The van der Waals surface area contributed by atoms with Gasteiger partial charge in [-0.15, -0.1) is 0 Å². The van der Waals surface area contributed by atoms with Crippen LogP contribution in [0.2, 0.25) is 0 Å². The lowest BCUT2D eigenvalue weighted by molar-refractivity contribution is 0.0951. The van der Waals surface area contributed by atoms with E-state index in [1.54, 1.807) is 12.1 Å². The second-order valence-corrected chi connectivity index (χ2v) is 4.46. The van der Waals surface area contributed by atoms with Crippen molar-refractivity contribution in [3.8, 4) is 0 Å². The molecule has 0 spiro atoms. The quantitative estimate of drug-likeness (QED) is 0.540. The van der Waals surface area contributed by atoms with Gasteiger partial charge in [-0.3, -0.25) is 10.6 Å². The summed E-state index contributed by atoms with van der Waals surface area (Å²) >= 11 is 0. The van der Waals surface area contributed by atoms with Crippen molar-refractivity contribution in [2.45, 2.75) is 12.8 Å². The standard InChI is InChI=1S/C13H19N3O2/c14-16-12-4-2-1-3-11(12)13(17)15-7-5-10-6-8-18-9-10/h1-4,10,16H,5-9,14H2,(H,15,17). The molecule has 1 atom stereocenters. The Morgan fingerprint density at radius 1 is 1.44 bits per heavy atom. The molecular weight excluding hydrogens is 230 g/mol. The Hall–Kier alpha value is -1.59. The maximum atomic E-state index is 12.0. The SMILES string of the molecule is NNc1ccccc1C(=O)NCCC1CCOC1. The summed E-state index contributed by atoms with van der Waals surface area (Å²) < 4.78 is 5.30. The van der Waals surface area contributed by atoms with Crippen molar-refractivity contribution in [3.63, 3.8) is 0 Å². The summed E-state index contributed by atoms with van der Waals surface area (Å²) in [5.41, 5.74) is 3.74. The Morgan fingerprint density at radius 3 is 3.00 bits per heavy atom. The molecule has 1 fully saturated rings. The second-order valence-electron chi connectivity index (χ2n) is 4.46. The molecule has 1 heterocycles. The smallest absolute Gasteiger partial charge is 0.253 e. The number of nitrogens with one attached hydrogen (secondary N) is 2. The molecule has 1 aromatic carbocycles. The van der Waals surface area contributed by atoms with E-state index in [0.717, 1.165) is 26.1 Å². The minimum absolute atomic E-state index is 0.0949. The van der Waals surface area contributed by atoms with Crippen LogP contribution in [0, 0.1) is 5.92 Å². The first kappa shape index (κ1) is 12.9. The summed E-state index contributed by atoms with van der Waals surface area (Å²) in [5.74, 6) is 5.85.